The molecule has 0 radical (unpaired) electrons. The monoisotopic (exact) mass is 239 g/mol. The molecule has 5 nitrogen and oxygen atoms in total. The molecule has 0 saturated heterocycles. The van der Waals surface area contributed by atoms with Gasteiger partial charge < -0.3 is 14.8 Å². The molecule has 1 aromatic heterocycles. The Morgan fingerprint density at radius 3 is 2.59 bits per heavy atom. The number of carbonyl (C=O) groups is 2. The van der Waals surface area contributed by atoms with Gasteiger partial charge in [0.05, 0.1) is 0 Å². The molecule has 1 heterocycles. The topological polar surface area (TPSA) is 79.5 Å². The molecule has 0 fully saturated rings. The van der Waals surface area contributed by atoms with Gasteiger partial charge in [-0.15, -0.1) is 0 Å². The normalized spacial score (nSPS) is 10.2. The number of carbonyl (C=O) groups excluding carboxylic acids is 1. The van der Waals surface area contributed by atoms with Gasteiger partial charge in [-0.1, -0.05) is 20.3 Å². The van der Waals surface area contributed by atoms with Crippen LogP contribution in [-0.2, 0) is 6.42 Å². The number of amides is 1. The molecule has 5 heteroatoms. The summed E-state index contributed by atoms with van der Waals surface area (Å²) >= 11 is 0. The van der Waals surface area contributed by atoms with Crippen LogP contribution in [0.2, 0.25) is 0 Å². The van der Waals surface area contributed by atoms with Crippen LogP contribution in [0, 0.1) is 0 Å². The van der Waals surface area contributed by atoms with Crippen LogP contribution in [0.25, 0.3) is 0 Å². The third-order valence-corrected chi connectivity index (χ3v) is 2.40. The second kappa shape index (κ2) is 6.08. The molecule has 1 rings (SSSR count). The van der Waals surface area contributed by atoms with E-state index in [1.165, 1.54) is 6.07 Å². The van der Waals surface area contributed by atoms with Crippen molar-refractivity contribution in [3.05, 3.63) is 23.2 Å². The number of rotatable bonds is 6. The van der Waals surface area contributed by atoms with Crippen LogP contribution in [0.4, 0.5) is 0 Å². The number of nitrogens with one attached hydrogen (secondary N) is 1. The first-order chi connectivity index (χ1) is 8.10. The first-order valence-electron chi connectivity index (χ1n) is 5.74. The van der Waals surface area contributed by atoms with Crippen LogP contribution in [-0.4, -0.2) is 23.5 Å². The van der Waals surface area contributed by atoms with Crippen molar-refractivity contribution < 1.29 is 19.1 Å². The predicted octanol–water partition coefficient (Wildman–Crippen LogP) is 2.07. The minimum atomic E-state index is -1.07. The Morgan fingerprint density at radius 2 is 2.12 bits per heavy atom. The summed E-state index contributed by atoms with van der Waals surface area (Å²) in [6, 6.07) is 1.28. The minimum absolute atomic E-state index is 0.0631. The summed E-state index contributed by atoms with van der Waals surface area (Å²) in [6.07, 6.45) is 2.32. The highest BCUT2D eigenvalue weighted by atomic mass is 16.4. The van der Waals surface area contributed by atoms with Crippen molar-refractivity contribution in [3.63, 3.8) is 0 Å². The molecule has 0 spiro atoms. The first kappa shape index (κ1) is 13.3. The molecular weight excluding hydrogens is 222 g/mol. The highest BCUT2D eigenvalue weighted by Gasteiger charge is 2.19. The highest BCUT2D eigenvalue weighted by Crippen LogP contribution is 2.16. The van der Waals surface area contributed by atoms with Crippen molar-refractivity contribution in [1.82, 2.24) is 5.32 Å². The number of hydrogen-bond acceptors (Lipinski definition) is 3. The molecule has 0 unspecified atom stereocenters. The second-order valence-corrected chi connectivity index (χ2v) is 3.72. The van der Waals surface area contributed by atoms with Gasteiger partial charge in [-0.3, -0.25) is 4.79 Å². The summed E-state index contributed by atoms with van der Waals surface area (Å²) < 4.78 is 5.22. The van der Waals surface area contributed by atoms with Crippen molar-refractivity contribution >= 4 is 11.9 Å². The van der Waals surface area contributed by atoms with Crippen molar-refractivity contribution in [2.24, 2.45) is 0 Å². The maximum absolute atomic E-state index is 11.6. The summed E-state index contributed by atoms with van der Waals surface area (Å²) in [7, 11) is 0. The molecule has 17 heavy (non-hydrogen) atoms. The van der Waals surface area contributed by atoms with E-state index in [0.717, 1.165) is 12.8 Å². The van der Waals surface area contributed by atoms with E-state index in [0.29, 0.717) is 18.7 Å². The molecule has 0 aliphatic heterocycles. The van der Waals surface area contributed by atoms with Crippen LogP contribution >= 0.6 is 0 Å². The van der Waals surface area contributed by atoms with E-state index in [1.807, 2.05) is 6.92 Å². The Bertz CT molecular complexity index is 409. The number of hydrogen-bond donors (Lipinski definition) is 2. The third kappa shape index (κ3) is 3.34. The number of carboxylic acids is 1. The zero-order valence-electron chi connectivity index (χ0n) is 10.1. The van der Waals surface area contributed by atoms with E-state index < -0.39 is 5.97 Å². The Hall–Kier alpha value is -1.78. The van der Waals surface area contributed by atoms with E-state index >= 15 is 0 Å². The van der Waals surface area contributed by atoms with Crippen molar-refractivity contribution in [1.29, 1.82) is 0 Å². The fourth-order valence-corrected chi connectivity index (χ4v) is 1.45. The second-order valence-electron chi connectivity index (χ2n) is 3.72. The number of unbranched alkanes of at least 4 members (excludes halogenated alkanes) is 1. The lowest BCUT2D eigenvalue weighted by molar-refractivity contribution is 0.0694. The first-order valence-corrected chi connectivity index (χ1v) is 5.74. The van der Waals surface area contributed by atoms with Gasteiger partial charge in [0.25, 0.3) is 5.91 Å². The van der Waals surface area contributed by atoms with Gasteiger partial charge in [-0.25, -0.2) is 4.79 Å². The molecule has 0 saturated carbocycles. The molecule has 94 valence electrons. The number of aromatic carboxylic acids is 1. The van der Waals surface area contributed by atoms with E-state index in [4.69, 9.17) is 9.52 Å². The lowest BCUT2D eigenvalue weighted by atomic mass is 10.2. The quantitative estimate of drug-likeness (QED) is 0.745. The van der Waals surface area contributed by atoms with Crippen LogP contribution in [0.3, 0.4) is 0 Å². The molecule has 0 aromatic carbocycles. The maximum Gasteiger partial charge on any atom is 0.339 e. The largest absolute Gasteiger partial charge is 0.478 e. The van der Waals surface area contributed by atoms with Crippen LogP contribution in [0.5, 0.6) is 0 Å². The van der Waals surface area contributed by atoms with Crippen molar-refractivity contribution in [3.8, 4) is 0 Å². The molecule has 1 amide bonds. The van der Waals surface area contributed by atoms with Crippen LogP contribution in [0.1, 0.15) is 53.4 Å². The van der Waals surface area contributed by atoms with Crippen molar-refractivity contribution in [2.45, 2.75) is 33.1 Å². The SMILES string of the molecule is CCCCNC(=O)c1cc(C(=O)O)c(CC)o1. The van der Waals surface area contributed by atoms with E-state index in [9.17, 15) is 9.59 Å². The lowest BCUT2D eigenvalue weighted by Crippen LogP contribution is -2.23. The summed E-state index contributed by atoms with van der Waals surface area (Å²) in [5, 5.41) is 11.6. The molecule has 1 aromatic rings. The summed E-state index contributed by atoms with van der Waals surface area (Å²) in [4.78, 5) is 22.5. The van der Waals surface area contributed by atoms with E-state index in [1.54, 1.807) is 6.92 Å². The fourth-order valence-electron chi connectivity index (χ4n) is 1.45. The zero-order valence-corrected chi connectivity index (χ0v) is 10.1. The van der Waals surface area contributed by atoms with Gasteiger partial charge in [0.1, 0.15) is 11.3 Å². The fraction of sp³-hybridized carbons (Fsp3) is 0.500. The summed E-state index contributed by atoms with van der Waals surface area (Å²) in [6.45, 7) is 4.38. The van der Waals surface area contributed by atoms with E-state index in [2.05, 4.69) is 5.32 Å². The van der Waals surface area contributed by atoms with Gasteiger partial charge >= 0.3 is 5.97 Å². The average Bonchev–Trinajstić information content (AvgIpc) is 2.73. The van der Waals surface area contributed by atoms with Gasteiger partial charge in [0.2, 0.25) is 0 Å². The molecule has 0 bridgehead atoms. The van der Waals surface area contributed by atoms with Gasteiger partial charge in [-0.2, -0.15) is 0 Å². The maximum atomic E-state index is 11.6. The van der Waals surface area contributed by atoms with Crippen LogP contribution < -0.4 is 5.32 Å². The van der Waals surface area contributed by atoms with Gasteiger partial charge in [0.15, 0.2) is 5.76 Å². The third-order valence-electron chi connectivity index (χ3n) is 2.40. The average molecular weight is 239 g/mol. The molecule has 2 N–H and O–H groups in total. The molecule has 0 atom stereocenters. The predicted molar refractivity (Wildman–Crippen MR) is 62.3 cm³/mol. The molecule has 0 aliphatic rings. The number of carboxylic acid groups (broad SMARTS) is 1. The number of aryl methyl sites for hydroxylation is 1. The van der Waals surface area contributed by atoms with E-state index in [-0.39, 0.29) is 17.2 Å². The van der Waals surface area contributed by atoms with Gasteiger partial charge in [-0.05, 0) is 6.42 Å². The Kier molecular flexibility index (Phi) is 4.75. The summed E-state index contributed by atoms with van der Waals surface area (Å²) in [5.41, 5.74) is 0.0631. The summed E-state index contributed by atoms with van der Waals surface area (Å²) in [5.74, 6) is -1.03. The zero-order chi connectivity index (χ0) is 12.8. The lowest BCUT2D eigenvalue weighted by Gasteiger charge is -2.00. The highest BCUT2D eigenvalue weighted by molar-refractivity contribution is 5.96. The Balaban J connectivity index is 2.77. The number of furan rings is 1. The minimum Gasteiger partial charge on any atom is -0.478 e. The molecule has 0 aliphatic carbocycles. The van der Waals surface area contributed by atoms with Gasteiger partial charge in [0, 0.05) is 19.0 Å². The smallest absolute Gasteiger partial charge is 0.339 e. The van der Waals surface area contributed by atoms with Crippen LogP contribution in [0.15, 0.2) is 10.5 Å². The standard InChI is InChI=1S/C12H17NO4/c1-3-5-6-13-11(14)10-7-8(12(15)16)9(4-2)17-10/h7H,3-6H2,1-2H3,(H,13,14)(H,15,16). The Morgan fingerprint density at radius 1 is 1.41 bits per heavy atom. The van der Waals surface area contributed by atoms with Crippen molar-refractivity contribution in [2.75, 3.05) is 6.54 Å². The Labute approximate surface area is 99.8 Å². The molecular formula is C12H17NO4.